The fraction of sp³-hybridized carbons (Fsp3) is 0.480. The van der Waals surface area contributed by atoms with Gasteiger partial charge in [-0.1, -0.05) is 12.1 Å². The molecule has 0 radical (unpaired) electrons. The van der Waals surface area contributed by atoms with Crippen LogP contribution in [0.2, 0.25) is 0 Å². The van der Waals surface area contributed by atoms with Crippen LogP contribution in [0.5, 0.6) is 11.5 Å². The van der Waals surface area contributed by atoms with Gasteiger partial charge in [-0.05, 0) is 74.1 Å². The highest BCUT2D eigenvalue weighted by molar-refractivity contribution is 7.89. The van der Waals surface area contributed by atoms with Crippen LogP contribution in [0.4, 0.5) is 0 Å². The molecule has 3 aliphatic heterocycles. The summed E-state index contributed by atoms with van der Waals surface area (Å²) < 4.78 is 39.4. The summed E-state index contributed by atoms with van der Waals surface area (Å²) in [4.78, 5) is 5.21. The summed E-state index contributed by atoms with van der Waals surface area (Å²) in [5.41, 5.74) is 3.65. The minimum absolute atomic E-state index is 0. The monoisotopic (exact) mass is 520 g/mol. The SMILES string of the molecule is Cc1cc(C)c(S(=O)(=O)N2CCC3(CC2)NCCN=C3NCc2ccc3c(c2)OCO3)cc1C.Cl. The van der Waals surface area contributed by atoms with Crippen molar-refractivity contribution in [1.29, 1.82) is 0 Å². The van der Waals surface area contributed by atoms with E-state index in [1.165, 1.54) is 0 Å². The van der Waals surface area contributed by atoms with Gasteiger partial charge in [0.1, 0.15) is 5.84 Å². The first-order valence-electron chi connectivity index (χ1n) is 11.8. The number of fused-ring (bicyclic) bond motifs is 1. The highest BCUT2D eigenvalue weighted by Crippen LogP contribution is 2.33. The Bertz CT molecular complexity index is 1240. The standard InChI is InChI=1S/C25H32N4O4S.ClH/c1-17-12-19(3)23(13-18(17)2)34(30,31)29-10-6-25(7-11-29)24(26-8-9-28-25)27-15-20-4-5-21-22(14-20)33-16-32-21;/h4-5,12-14,28H,6-11,15-16H2,1-3H3,(H,26,27);1H. The number of benzene rings is 2. The molecule has 0 atom stereocenters. The first-order valence-corrected chi connectivity index (χ1v) is 13.2. The molecular formula is C25H33ClN4O4S. The van der Waals surface area contributed by atoms with Crippen molar-refractivity contribution in [2.24, 2.45) is 4.99 Å². The van der Waals surface area contributed by atoms with Crippen LogP contribution in [-0.4, -0.2) is 57.1 Å². The van der Waals surface area contributed by atoms with Crippen LogP contribution in [-0.2, 0) is 16.6 Å². The molecule has 2 N–H and O–H groups in total. The number of nitrogens with one attached hydrogen (secondary N) is 2. The van der Waals surface area contributed by atoms with Gasteiger partial charge < -0.3 is 20.1 Å². The predicted octanol–water partition coefficient (Wildman–Crippen LogP) is 3.08. The van der Waals surface area contributed by atoms with E-state index >= 15 is 0 Å². The van der Waals surface area contributed by atoms with Gasteiger partial charge in [-0.2, -0.15) is 4.31 Å². The summed E-state index contributed by atoms with van der Waals surface area (Å²) in [5, 5.41) is 7.16. The molecule has 190 valence electrons. The molecule has 0 aromatic heterocycles. The van der Waals surface area contributed by atoms with E-state index in [0.717, 1.165) is 46.1 Å². The third-order valence-electron chi connectivity index (χ3n) is 7.18. The fourth-order valence-electron chi connectivity index (χ4n) is 5.03. The quantitative estimate of drug-likeness (QED) is 0.643. The van der Waals surface area contributed by atoms with Crippen molar-refractivity contribution in [3.63, 3.8) is 0 Å². The molecule has 2 aromatic carbocycles. The molecule has 0 unspecified atom stereocenters. The lowest BCUT2D eigenvalue weighted by Gasteiger charge is -2.44. The number of aryl methyl sites for hydroxylation is 3. The molecule has 2 aromatic rings. The lowest BCUT2D eigenvalue weighted by Crippen LogP contribution is -2.64. The fourth-order valence-corrected chi connectivity index (χ4v) is 6.77. The van der Waals surface area contributed by atoms with Crippen molar-refractivity contribution in [2.45, 2.75) is 50.6 Å². The Kier molecular flexibility index (Phi) is 7.33. The molecule has 10 heteroatoms. The first-order chi connectivity index (χ1) is 16.3. The van der Waals surface area contributed by atoms with Crippen LogP contribution in [0.25, 0.3) is 0 Å². The van der Waals surface area contributed by atoms with Crippen molar-refractivity contribution >= 4 is 28.3 Å². The van der Waals surface area contributed by atoms with Gasteiger partial charge in [-0.25, -0.2) is 8.42 Å². The molecule has 1 saturated heterocycles. The minimum atomic E-state index is -3.55. The van der Waals surface area contributed by atoms with Crippen LogP contribution in [0, 0.1) is 20.8 Å². The number of ether oxygens (including phenoxy) is 2. The Morgan fingerprint density at radius 3 is 2.51 bits per heavy atom. The van der Waals surface area contributed by atoms with Gasteiger partial charge in [0.25, 0.3) is 0 Å². The Hall–Kier alpha value is -2.33. The van der Waals surface area contributed by atoms with Gasteiger partial charge in [-0.15, -0.1) is 12.4 Å². The van der Waals surface area contributed by atoms with Crippen molar-refractivity contribution in [2.75, 3.05) is 33.0 Å². The lowest BCUT2D eigenvalue weighted by atomic mass is 9.85. The first kappa shape index (κ1) is 25.8. The molecule has 0 saturated carbocycles. The van der Waals surface area contributed by atoms with Gasteiger partial charge in [0.05, 0.1) is 17.0 Å². The lowest BCUT2D eigenvalue weighted by molar-refractivity contribution is 0.174. The molecule has 0 bridgehead atoms. The topological polar surface area (TPSA) is 92.3 Å². The van der Waals surface area contributed by atoms with Crippen molar-refractivity contribution in [3.05, 3.63) is 52.6 Å². The summed E-state index contributed by atoms with van der Waals surface area (Å²) >= 11 is 0. The Balaban J connectivity index is 0.00000289. The smallest absolute Gasteiger partial charge is 0.243 e. The predicted molar refractivity (Wildman–Crippen MR) is 138 cm³/mol. The summed E-state index contributed by atoms with van der Waals surface area (Å²) in [7, 11) is -3.55. The number of rotatable bonds is 4. The number of hydrogen-bond acceptors (Lipinski definition) is 7. The third-order valence-corrected chi connectivity index (χ3v) is 9.22. The maximum absolute atomic E-state index is 13.5. The van der Waals surface area contributed by atoms with E-state index < -0.39 is 10.0 Å². The van der Waals surface area contributed by atoms with E-state index in [1.807, 2.05) is 51.1 Å². The van der Waals surface area contributed by atoms with E-state index in [4.69, 9.17) is 14.5 Å². The Morgan fingerprint density at radius 2 is 1.74 bits per heavy atom. The van der Waals surface area contributed by atoms with Crippen LogP contribution in [0.1, 0.15) is 35.1 Å². The molecular weight excluding hydrogens is 488 g/mol. The largest absolute Gasteiger partial charge is 0.454 e. The molecule has 1 fully saturated rings. The van der Waals surface area contributed by atoms with Crippen LogP contribution in [0.15, 0.2) is 40.2 Å². The number of nitrogens with zero attached hydrogens (tertiary/aromatic N) is 2. The Labute approximate surface area is 213 Å². The zero-order valence-corrected chi connectivity index (χ0v) is 22.0. The maximum atomic E-state index is 13.5. The Morgan fingerprint density at radius 1 is 1.03 bits per heavy atom. The number of aliphatic imine (C=N–C) groups is 1. The zero-order valence-electron chi connectivity index (χ0n) is 20.4. The molecule has 3 aliphatic rings. The zero-order chi connectivity index (χ0) is 23.9. The van der Waals surface area contributed by atoms with E-state index in [-0.39, 0.29) is 24.7 Å². The van der Waals surface area contributed by atoms with E-state index in [9.17, 15) is 8.42 Å². The van der Waals surface area contributed by atoms with Crippen LogP contribution < -0.4 is 20.1 Å². The molecule has 0 aliphatic carbocycles. The second kappa shape index (κ2) is 9.97. The highest BCUT2D eigenvalue weighted by atomic mass is 35.5. The van der Waals surface area contributed by atoms with Gasteiger partial charge in [0, 0.05) is 26.2 Å². The highest BCUT2D eigenvalue weighted by Gasteiger charge is 2.43. The van der Waals surface area contributed by atoms with E-state index in [0.29, 0.717) is 43.9 Å². The van der Waals surface area contributed by atoms with Crippen molar-refractivity contribution in [1.82, 2.24) is 14.9 Å². The van der Waals surface area contributed by atoms with Gasteiger partial charge in [-0.3, -0.25) is 4.99 Å². The van der Waals surface area contributed by atoms with Crippen LogP contribution >= 0.6 is 12.4 Å². The van der Waals surface area contributed by atoms with Gasteiger partial charge in [0.15, 0.2) is 11.5 Å². The van der Waals surface area contributed by atoms with E-state index in [1.54, 1.807) is 4.31 Å². The third kappa shape index (κ3) is 4.87. The van der Waals surface area contributed by atoms with E-state index in [2.05, 4.69) is 10.6 Å². The maximum Gasteiger partial charge on any atom is 0.243 e. The number of halogens is 1. The molecule has 3 heterocycles. The molecule has 1 spiro atoms. The number of piperidine rings is 1. The molecule has 5 rings (SSSR count). The molecule has 0 amide bonds. The van der Waals surface area contributed by atoms with Crippen molar-refractivity contribution < 1.29 is 17.9 Å². The molecule has 35 heavy (non-hydrogen) atoms. The minimum Gasteiger partial charge on any atom is -0.454 e. The van der Waals surface area contributed by atoms with Crippen LogP contribution in [0.3, 0.4) is 0 Å². The van der Waals surface area contributed by atoms with Gasteiger partial charge in [0.2, 0.25) is 16.8 Å². The summed E-state index contributed by atoms with van der Waals surface area (Å²) in [5.74, 6) is 2.44. The molecule has 8 nitrogen and oxygen atoms in total. The van der Waals surface area contributed by atoms with Gasteiger partial charge >= 0.3 is 0 Å². The average Bonchev–Trinajstić information content (AvgIpc) is 3.29. The normalized spacial score (nSPS) is 19.2. The van der Waals surface area contributed by atoms with Crippen molar-refractivity contribution in [3.8, 4) is 11.5 Å². The second-order valence-corrected chi connectivity index (χ2v) is 11.3. The second-order valence-electron chi connectivity index (χ2n) is 9.39. The summed E-state index contributed by atoms with van der Waals surface area (Å²) in [6.07, 6.45) is 1.34. The number of amidine groups is 1. The average molecular weight is 521 g/mol. The summed E-state index contributed by atoms with van der Waals surface area (Å²) in [6.45, 7) is 9.11. The summed E-state index contributed by atoms with van der Waals surface area (Å²) in [6, 6.07) is 9.70. The number of sulfonamides is 1. The number of hydrogen-bond donors (Lipinski definition) is 2.